The number of hydrazine groups is 1. The molecule has 13 nitrogen and oxygen atoms in total. The van der Waals surface area contributed by atoms with Crippen molar-refractivity contribution in [3.05, 3.63) is 58.2 Å². The molecule has 52 heavy (non-hydrogen) atoms. The molecule has 2 amide bonds. The van der Waals surface area contributed by atoms with Gasteiger partial charge in [-0.3, -0.25) is 19.6 Å². The standard InChI is InChI=1S/C38H50N6O7S/c1-8-43-31-14-13-23(17-25(31)26(19-38(5,6)22-45)33(43)24-11-9-15-39-29(24)20-50-7)30-21-52-32(40-30)18-28(41-36(49)51-37(2,3)4)34(46)44-16-10-12-27(42-44)35(47)48/h9,11,13-15,17,21,27-28,42,45H,8,10,12,16,18-20,22H2,1-7H3,(H,41,49)(H,47,48)/t27-,28?/m0/s1. The monoisotopic (exact) mass is 734 g/mol. The number of nitrogens with zero attached hydrogens (tertiary/aromatic N) is 4. The summed E-state index contributed by atoms with van der Waals surface area (Å²) in [7, 11) is 1.66. The minimum Gasteiger partial charge on any atom is -0.480 e. The van der Waals surface area contributed by atoms with Gasteiger partial charge in [-0.2, -0.15) is 0 Å². The van der Waals surface area contributed by atoms with Gasteiger partial charge in [-0.25, -0.2) is 15.2 Å². The molecule has 1 saturated heterocycles. The van der Waals surface area contributed by atoms with Gasteiger partial charge in [-0.1, -0.05) is 19.9 Å². The van der Waals surface area contributed by atoms with Gasteiger partial charge in [0.05, 0.1) is 28.7 Å². The van der Waals surface area contributed by atoms with E-state index >= 15 is 0 Å². The molecule has 0 radical (unpaired) electrons. The summed E-state index contributed by atoms with van der Waals surface area (Å²) in [5.41, 5.74) is 8.21. The van der Waals surface area contributed by atoms with Crippen molar-refractivity contribution >= 4 is 40.2 Å². The van der Waals surface area contributed by atoms with Crippen LogP contribution >= 0.6 is 11.3 Å². The Kier molecular flexibility index (Phi) is 12.0. The van der Waals surface area contributed by atoms with Crippen LogP contribution < -0.4 is 10.7 Å². The summed E-state index contributed by atoms with van der Waals surface area (Å²) in [6, 6.07) is 8.29. The number of carboxylic acids is 1. The van der Waals surface area contributed by atoms with Crippen molar-refractivity contribution in [2.45, 2.75) is 98.1 Å². The number of aromatic nitrogens is 3. The number of thiazole rings is 1. The molecule has 1 fully saturated rings. The zero-order valence-electron chi connectivity index (χ0n) is 31.0. The molecular formula is C38H50N6O7S. The molecular weight excluding hydrogens is 685 g/mol. The number of rotatable bonds is 13. The lowest BCUT2D eigenvalue weighted by Crippen LogP contribution is -2.60. The van der Waals surface area contributed by atoms with Crippen LogP contribution in [0.25, 0.3) is 33.4 Å². The molecule has 0 saturated carbocycles. The highest BCUT2D eigenvalue weighted by atomic mass is 32.1. The first-order valence-electron chi connectivity index (χ1n) is 17.6. The number of aliphatic hydroxyl groups is 1. The van der Waals surface area contributed by atoms with Crippen molar-refractivity contribution in [2.75, 3.05) is 20.3 Å². The van der Waals surface area contributed by atoms with Gasteiger partial charge >= 0.3 is 12.1 Å². The maximum Gasteiger partial charge on any atom is 0.408 e. The topological polar surface area (TPSA) is 168 Å². The summed E-state index contributed by atoms with van der Waals surface area (Å²) < 4.78 is 13.3. The molecule has 1 aliphatic rings. The minimum atomic E-state index is -1.05. The number of hydrogen-bond acceptors (Lipinski definition) is 10. The van der Waals surface area contributed by atoms with Crippen LogP contribution in [-0.2, 0) is 45.1 Å². The Morgan fingerprint density at radius 1 is 1.17 bits per heavy atom. The third-order valence-corrected chi connectivity index (χ3v) is 9.83. The molecule has 0 bridgehead atoms. The fourth-order valence-corrected chi connectivity index (χ4v) is 7.36. The average molecular weight is 735 g/mol. The molecule has 1 aromatic carbocycles. The predicted octanol–water partition coefficient (Wildman–Crippen LogP) is 5.57. The number of benzene rings is 1. The van der Waals surface area contributed by atoms with Gasteiger partial charge in [0.15, 0.2) is 0 Å². The highest BCUT2D eigenvalue weighted by Gasteiger charge is 2.34. The van der Waals surface area contributed by atoms with Crippen LogP contribution in [0.3, 0.4) is 0 Å². The van der Waals surface area contributed by atoms with E-state index in [0.29, 0.717) is 49.7 Å². The molecule has 2 atom stereocenters. The summed E-state index contributed by atoms with van der Waals surface area (Å²) in [6.07, 6.45) is 2.60. The minimum absolute atomic E-state index is 0.0134. The molecule has 280 valence electrons. The lowest BCUT2D eigenvalue weighted by Gasteiger charge is -2.34. The number of carbonyl (C=O) groups is 3. The largest absolute Gasteiger partial charge is 0.480 e. The first-order valence-corrected chi connectivity index (χ1v) is 18.5. The summed E-state index contributed by atoms with van der Waals surface area (Å²) in [5, 5.41) is 27.4. The lowest BCUT2D eigenvalue weighted by molar-refractivity contribution is -0.147. The van der Waals surface area contributed by atoms with Crippen LogP contribution in [0, 0.1) is 5.41 Å². The lowest BCUT2D eigenvalue weighted by atomic mass is 9.84. The van der Waals surface area contributed by atoms with Crippen molar-refractivity contribution in [1.29, 1.82) is 0 Å². The highest BCUT2D eigenvalue weighted by molar-refractivity contribution is 7.10. The highest BCUT2D eigenvalue weighted by Crippen LogP contribution is 2.40. The number of hydrogen-bond donors (Lipinski definition) is 4. The molecule has 4 N–H and O–H groups in total. The van der Waals surface area contributed by atoms with E-state index in [2.05, 4.69) is 45.4 Å². The number of nitrogens with one attached hydrogen (secondary N) is 2. The second kappa shape index (κ2) is 16.1. The Morgan fingerprint density at radius 2 is 1.94 bits per heavy atom. The van der Waals surface area contributed by atoms with Gasteiger partial charge in [0.25, 0.3) is 5.91 Å². The van der Waals surface area contributed by atoms with E-state index in [1.54, 1.807) is 34.1 Å². The predicted molar refractivity (Wildman–Crippen MR) is 200 cm³/mol. The van der Waals surface area contributed by atoms with Crippen LogP contribution in [-0.4, -0.2) is 85.7 Å². The van der Waals surface area contributed by atoms with Gasteiger partial charge in [-0.15, -0.1) is 11.3 Å². The Labute approximate surface area is 308 Å². The van der Waals surface area contributed by atoms with Crippen molar-refractivity contribution in [1.82, 2.24) is 30.3 Å². The third kappa shape index (κ3) is 8.98. The zero-order chi connectivity index (χ0) is 37.8. The van der Waals surface area contributed by atoms with E-state index in [9.17, 15) is 24.6 Å². The van der Waals surface area contributed by atoms with E-state index in [1.165, 1.54) is 16.3 Å². The number of aliphatic hydroxyl groups excluding tert-OH is 1. The Balaban J connectivity index is 1.52. The molecule has 4 aromatic rings. The number of ether oxygens (including phenoxy) is 2. The molecule has 1 aliphatic heterocycles. The van der Waals surface area contributed by atoms with Gasteiger partial charge in [0.1, 0.15) is 17.7 Å². The fourth-order valence-electron chi connectivity index (χ4n) is 6.51. The zero-order valence-corrected chi connectivity index (χ0v) is 31.8. The quantitative estimate of drug-likeness (QED) is 0.136. The van der Waals surface area contributed by atoms with Crippen molar-refractivity contribution in [2.24, 2.45) is 5.41 Å². The Bertz CT molecular complexity index is 1910. The molecule has 3 aromatic heterocycles. The van der Waals surface area contributed by atoms with Crippen LogP contribution in [0.4, 0.5) is 4.79 Å². The van der Waals surface area contributed by atoms with Gasteiger partial charge in [-0.05, 0) is 82.2 Å². The SMILES string of the molecule is CCn1c(-c2cccnc2COC)c(CC(C)(C)CO)c2cc(-c3csc(CC(NC(=O)OC(C)(C)C)C(=O)N4CCC[C@@H](C(=O)O)N4)n3)ccc21. The molecule has 0 spiro atoms. The maximum atomic E-state index is 13.8. The van der Waals surface area contributed by atoms with E-state index in [1.807, 2.05) is 31.4 Å². The second-order valence-corrected chi connectivity index (χ2v) is 15.9. The summed E-state index contributed by atoms with van der Waals surface area (Å²) in [4.78, 5) is 47.9. The van der Waals surface area contributed by atoms with E-state index in [4.69, 9.17) is 14.5 Å². The number of carboxylic acid groups (broad SMARTS) is 1. The van der Waals surface area contributed by atoms with E-state index < -0.39 is 41.1 Å². The number of fused-ring (bicyclic) bond motifs is 1. The first-order chi connectivity index (χ1) is 24.6. The van der Waals surface area contributed by atoms with Crippen LogP contribution in [0.2, 0.25) is 0 Å². The molecule has 4 heterocycles. The Hall–Kier alpha value is -4.37. The molecule has 1 unspecified atom stereocenters. The number of aryl methyl sites for hydroxylation is 1. The van der Waals surface area contributed by atoms with E-state index in [0.717, 1.165) is 39.0 Å². The number of pyridine rings is 1. The summed E-state index contributed by atoms with van der Waals surface area (Å²) in [5.74, 6) is -1.51. The number of carbonyl (C=O) groups excluding carboxylic acids is 2. The van der Waals surface area contributed by atoms with Crippen molar-refractivity contribution < 1.29 is 34.1 Å². The molecule has 0 aliphatic carbocycles. The summed E-state index contributed by atoms with van der Waals surface area (Å²) in [6.45, 7) is 12.8. The normalized spacial score (nSPS) is 15.8. The van der Waals surface area contributed by atoms with Gasteiger partial charge < -0.3 is 29.6 Å². The third-order valence-electron chi connectivity index (χ3n) is 8.96. The molecule has 14 heteroatoms. The number of alkyl carbamates (subject to hydrolysis) is 1. The van der Waals surface area contributed by atoms with Crippen LogP contribution in [0.5, 0.6) is 0 Å². The molecule has 5 rings (SSSR count). The average Bonchev–Trinajstić information content (AvgIpc) is 3.69. The van der Waals surface area contributed by atoms with Gasteiger partial charge in [0.2, 0.25) is 0 Å². The number of methoxy groups -OCH3 is 1. The van der Waals surface area contributed by atoms with Crippen molar-refractivity contribution in [3.8, 4) is 22.5 Å². The summed E-state index contributed by atoms with van der Waals surface area (Å²) >= 11 is 1.37. The Morgan fingerprint density at radius 3 is 2.62 bits per heavy atom. The number of amides is 2. The van der Waals surface area contributed by atoms with Crippen molar-refractivity contribution in [3.63, 3.8) is 0 Å². The van der Waals surface area contributed by atoms with Crippen LogP contribution in [0.1, 0.15) is 70.6 Å². The van der Waals surface area contributed by atoms with Crippen LogP contribution in [0.15, 0.2) is 41.9 Å². The smallest absolute Gasteiger partial charge is 0.408 e. The fraction of sp³-hybridized carbons (Fsp3) is 0.500. The maximum absolute atomic E-state index is 13.8. The van der Waals surface area contributed by atoms with Gasteiger partial charge in [0, 0.05) is 66.8 Å². The number of aliphatic carboxylic acids is 1. The second-order valence-electron chi connectivity index (χ2n) is 14.9. The van der Waals surface area contributed by atoms with E-state index in [-0.39, 0.29) is 13.0 Å². The first kappa shape index (κ1) is 38.9.